The van der Waals surface area contributed by atoms with Crippen LogP contribution in [0, 0.1) is 10.1 Å². The first-order valence-corrected chi connectivity index (χ1v) is 7.33. The van der Waals surface area contributed by atoms with Gasteiger partial charge in [-0.3, -0.25) is 10.1 Å². The van der Waals surface area contributed by atoms with Gasteiger partial charge in [0.1, 0.15) is 5.75 Å². The molecule has 0 aliphatic heterocycles. The third-order valence-electron chi connectivity index (χ3n) is 3.41. The standard InChI is InChI=1S/C15H22N2O4/c1-20-8-2-3-9-21-15-7-6-14(17(18)19)10-12(15)11-16-13-4-5-13/h6-7,10,13,16H,2-5,8-9,11H2,1H3. The molecule has 1 aromatic carbocycles. The number of benzene rings is 1. The maximum Gasteiger partial charge on any atom is 0.270 e. The van der Waals surface area contributed by atoms with Gasteiger partial charge >= 0.3 is 0 Å². The summed E-state index contributed by atoms with van der Waals surface area (Å²) in [7, 11) is 1.68. The Morgan fingerprint density at radius 3 is 2.76 bits per heavy atom. The second-order valence-corrected chi connectivity index (χ2v) is 5.25. The van der Waals surface area contributed by atoms with Crippen molar-refractivity contribution >= 4 is 5.69 Å². The lowest BCUT2D eigenvalue weighted by molar-refractivity contribution is -0.384. The molecule has 0 spiro atoms. The molecule has 6 nitrogen and oxygen atoms in total. The Labute approximate surface area is 124 Å². The molecule has 0 atom stereocenters. The highest BCUT2D eigenvalue weighted by Crippen LogP contribution is 2.26. The van der Waals surface area contributed by atoms with Crippen molar-refractivity contribution < 1.29 is 14.4 Å². The summed E-state index contributed by atoms with van der Waals surface area (Å²) in [6, 6.07) is 5.34. The molecule has 0 aromatic heterocycles. The first-order chi connectivity index (χ1) is 10.2. The Hall–Kier alpha value is -1.66. The zero-order chi connectivity index (χ0) is 15.1. The third kappa shape index (κ3) is 5.32. The summed E-state index contributed by atoms with van der Waals surface area (Å²) in [6.07, 6.45) is 4.21. The number of unbranched alkanes of at least 4 members (excludes halogenated alkanes) is 1. The van der Waals surface area contributed by atoms with Gasteiger partial charge in [-0.15, -0.1) is 0 Å². The van der Waals surface area contributed by atoms with E-state index < -0.39 is 0 Å². The van der Waals surface area contributed by atoms with Crippen molar-refractivity contribution in [3.63, 3.8) is 0 Å². The fraction of sp³-hybridized carbons (Fsp3) is 0.600. The average Bonchev–Trinajstić information content (AvgIpc) is 3.29. The second kappa shape index (κ2) is 7.95. The highest BCUT2D eigenvalue weighted by atomic mass is 16.6. The van der Waals surface area contributed by atoms with E-state index in [1.54, 1.807) is 19.2 Å². The quantitative estimate of drug-likeness (QED) is 0.408. The van der Waals surface area contributed by atoms with E-state index >= 15 is 0 Å². The van der Waals surface area contributed by atoms with Crippen LogP contribution in [0.3, 0.4) is 0 Å². The van der Waals surface area contributed by atoms with Crippen molar-refractivity contribution in [3.8, 4) is 5.75 Å². The van der Waals surface area contributed by atoms with Gasteiger partial charge in [0.2, 0.25) is 0 Å². The van der Waals surface area contributed by atoms with Gasteiger partial charge in [-0.25, -0.2) is 0 Å². The van der Waals surface area contributed by atoms with Crippen molar-refractivity contribution in [2.45, 2.75) is 38.3 Å². The van der Waals surface area contributed by atoms with Gasteiger partial charge in [0.15, 0.2) is 0 Å². The molecule has 0 heterocycles. The van der Waals surface area contributed by atoms with Crippen molar-refractivity contribution in [1.82, 2.24) is 5.32 Å². The number of hydrogen-bond donors (Lipinski definition) is 1. The minimum absolute atomic E-state index is 0.106. The maximum absolute atomic E-state index is 10.9. The van der Waals surface area contributed by atoms with E-state index in [0.717, 1.165) is 30.8 Å². The zero-order valence-electron chi connectivity index (χ0n) is 12.3. The van der Waals surface area contributed by atoms with Gasteiger partial charge in [-0.05, 0) is 31.7 Å². The summed E-state index contributed by atoms with van der Waals surface area (Å²) < 4.78 is 10.7. The molecular weight excluding hydrogens is 272 g/mol. The van der Waals surface area contributed by atoms with Crippen LogP contribution in [-0.4, -0.2) is 31.3 Å². The van der Waals surface area contributed by atoms with E-state index in [-0.39, 0.29) is 10.6 Å². The molecule has 1 aliphatic carbocycles. The Bertz CT molecular complexity index is 475. The first kappa shape index (κ1) is 15.7. The predicted molar refractivity (Wildman–Crippen MR) is 79.6 cm³/mol. The number of methoxy groups -OCH3 is 1. The highest BCUT2D eigenvalue weighted by molar-refractivity contribution is 5.43. The number of non-ortho nitro benzene ring substituents is 1. The molecule has 1 aliphatic rings. The summed E-state index contributed by atoms with van der Waals surface area (Å²) in [4.78, 5) is 10.5. The van der Waals surface area contributed by atoms with E-state index in [4.69, 9.17) is 9.47 Å². The molecule has 116 valence electrons. The van der Waals surface area contributed by atoms with Crippen LogP contribution in [-0.2, 0) is 11.3 Å². The van der Waals surface area contributed by atoms with E-state index in [9.17, 15) is 10.1 Å². The van der Waals surface area contributed by atoms with Gasteiger partial charge < -0.3 is 14.8 Å². The summed E-state index contributed by atoms with van der Waals surface area (Å²) in [6.45, 7) is 1.93. The summed E-state index contributed by atoms with van der Waals surface area (Å²) in [5.41, 5.74) is 0.956. The number of ether oxygens (including phenoxy) is 2. The van der Waals surface area contributed by atoms with Crippen LogP contribution in [0.1, 0.15) is 31.2 Å². The van der Waals surface area contributed by atoms with E-state index in [1.807, 2.05) is 0 Å². The summed E-state index contributed by atoms with van der Waals surface area (Å²) >= 11 is 0. The van der Waals surface area contributed by atoms with Crippen molar-refractivity contribution in [2.75, 3.05) is 20.3 Å². The molecule has 1 fully saturated rings. The van der Waals surface area contributed by atoms with Crippen LogP contribution in [0.5, 0.6) is 5.75 Å². The second-order valence-electron chi connectivity index (χ2n) is 5.25. The fourth-order valence-electron chi connectivity index (χ4n) is 2.03. The normalized spacial score (nSPS) is 14.1. The SMILES string of the molecule is COCCCCOc1ccc([N+](=O)[O-])cc1CNC1CC1. The number of nitrogens with one attached hydrogen (secondary N) is 1. The smallest absolute Gasteiger partial charge is 0.270 e. The molecule has 1 saturated carbocycles. The van der Waals surface area contributed by atoms with Gasteiger partial charge in [0.05, 0.1) is 11.5 Å². The van der Waals surface area contributed by atoms with Crippen LogP contribution in [0.25, 0.3) is 0 Å². The van der Waals surface area contributed by atoms with Crippen molar-refractivity contribution in [1.29, 1.82) is 0 Å². The van der Waals surface area contributed by atoms with Crippen LogP contribution < -0.4 is 10.1 Å². The van der Waals surface area contributed by atoms with Crippen LogP contribution in [0.2, 0.25) is 0 Å². The van der Waals surface area contributed by atoms with E-state index in [0.29, 0.717) is 19.2 Å². The molecule has 1 N–H and O–H groups in total. The molecule has 1 aromatic rings. The first-order valence-electron chi connectivity index (χ1n) is 7.33. The Morgan fingerprint density at radius 2 is 2.10 bits per heavy atom. The molecule has 0 unspecified atom stereocenters. The Kier molecular flexibility index (Phi) is 5.95. The largest absolute Gasteiger partial charge is 0.493 e. The van der Waals surface area contributed by atoms with Crippen LogP contribution in [0.15, 0.2) is 18.2 Å². The number of nitrogens with zero attached hydrogens (tertiary/aromatic N) is 1. The minimum atomic E-state index is -0.372. The molecular formula is C15H22N2O4. The molecule has 6 heteroatoms. The molecule has 0 saturated heterocycles. The van der Waals surface area contributed by atoms with Gasteiger partial charge in [0, 0.05) is 44.0 Å². The van der Waals surface area contributed by atoms with Gasteiger partial charge in [-0.1, -0.05) is 0 Å². The van der Waals surface area contributed by atoms with Crippen LogP contribution in [0.4, 0.5) is 5.69 Å². The topological polar surface area (TPSA) is 73.6 Å². The lowest BCUT2D eigenvalue weighted by Gasteiger charge is -2.12. The average molecular weight is 294 g/mol. The molecule has 0 radical (unpaired) electrons. The van der Waals surface area contributed by atoms with Crippen LogP contribution >= 0.6 is 0 Å². The predicted octanol–water partition coefficient (Wildman–Crippen LogP) is 2.65. The number of rotatable bonds is 10. The van der Waals surface area contributed by atoms with Gasteiger partial charge in [-0.2, -0.15) is 0 Å². The fourth-order valence-corrected chi connectivity index (χ4v) is 2.03. The van der Waals surface area contributed by atoms with Gasteiger partial charge in [0.25, 0.3) is 5.69 Å². The van der Waals surface area contributed by atoms with Crippen molar-refractivity contribution in [3.05, 3.63) is 33.9 Å². The monoisotopic (exact) mass is 294 g/mol. The third-order valence-corrected chi connectivity index (χ3v) is 3.41. The number of nitro groups is 1. The maximum atomic E-state index is 10.9. The molecule has 0 amide bonds. The molecule has 0 bridgehead atoms. The lowest BCUT2D eigenvalue weighted by atomic mass is 10.1. The summed E-state index contributed by atoms with van der Waals surface area (Å²) in [5, 5.41) is 14.2. The Morgan fingerprint density at radius 1 is 1.33 bits per heavy atom. The highest BCUT2D eigenvalue weighted by Gasteiger charge is 2.21. The lowest BCUT2D eigenvalue weighted by Crippen LogP contribution is -2.16. The summed E-state index contributed by atoms with van der Waals surface area (Å²) in [5.74, 6) is 0.728. The molecule has 2 rings (SSSR count). The Balaban J connectivity index is 1.94. The number of hydrogen-bond acceptors (Lipinski definition) is 5. The minimum Gasteiger partial charge on any atom is -0.493 e. The van der Waals surface area contributed by atoms with E-state index in [2.05, 4.69) is 5.32 Å². The molecule has 21 heavy (non-hydrogen) atoms. The van der Waals surface area contributed by atoms with Crippen molar-refractivity contribution in [2.24, 2.45) is 0 Å². The zero-order valence-corrected chi connectivity index (χ0v) is 12.3. The van der Waals surface area contributed by atoms with E-state index in [1.165, 1.54) is 18.9 Å². The number of nitro benzene ring substituents is 1.